The first-order valence-corrected chi connectivity index (χ1v) is 10.1. The summed E-state index contributed by atoms with van der Waals surface area (Å²) >= 11 is 18.3. The van der Waals surface area contributed by atoms with Crippen LogP contribution in [0.4, 0.5) is 0 Å². The number of nitrogens with zero attached hydrogens (tertiary/aromatic N) is 1. The Morgan fingerprint density at radius 3 is 2.57 bits per heavy atom. The van der Waals surface area contributed by atoms with Gasteiger partial charge >= 0.3 is 0 Å². The maximum atomic E-state index is 12.7. The van der Waals surface area contributed by atoms with Gasteiger partial charge < -0.3 is 0 Å². The summed E-state index contributed by atoms with van der Waals surface area (Å²) in [7, 11) is 0. The van der Waals surface area contributed by atoms with Gasteiger partial charge in [-0.3, -0.25) is 15.0 Å². The minimum atomic E-state index is -0.546. The van der Waals surface area contributed by atoms with Crippen LogP contribution in [0.1, 0.15) is 22.8 Å². The molecule has 0 radical (unpaired) electrons. The van der Waals surface area contributed by atoms with E-state index in [0.717, 1.165) is 27.9 Å². The number of amides is 2. The van der Waals surface area contributed by atoms with Gasteiger partial charge in [0, 0.05) is 5.02 Å². The second kappa shape index (κ2) is 8.92. The third-order valence-electron chi connectivity index (χ3n) is 3.74. The van der Waals surface area contributed by atoms with E-state index >= 15 is 0 Å². The number of hydrazine groups is 1. The molecule has 8 heteroatoms. The van der Waals surface area contributed by atoms with E-state index in [-0.39, 0.29) is 14.9 Å². The molecule has 1 aliphatic heterocycles. The predicted molar refractivity (Wildman–Crippen MR) is 119 cm³/mol. The largest absolute Gasteiger partial charge is 0.285 e. The minimum absolute atomic E-state index is 0.188. The Hall–Kier alpha value is -2.12. The van der Waals surface area contributed by atoms with E-state index in [0.29, 0.717) is 9.93 Å². The molecule has 0 aliphatic carbocycles. The number of carbonyl (C=O) groups is 2. The van der Waals surface area contributed by atoms with E-state index in [9.17, 15) is 9.59 Å². The molecule has 0 atom stereocenters. The van der Waals surface area contributed by atoms with Crippen LogP contribution >= 0.6 is 47.2 Å². The number of thioether (sulfide) groups is 1. The van der Waals surface area contributed by atoms with E-state index in [2.05, 4.69) is 5.43 Å². The van der Waals surface area contributed by atoms with Gasteiger partial charge in [-0.15, -0.1) is 0 Å². The van der Waals surface area contributed by atoms with Crippen LogP contribution in [0.25, 0.3) is 6.08 Å². The van der Waals surface area contributed by atoms with E-state index in [4.69, 9.17) is 35.4 Å². The number of halogens is 2. The summed E-state index contributed by atoms with van der Waals surface area (Å²) in [6.45, 7) is 1.89. The maximum Gasteiger partial charge on any atom is 0.285 e. The molecule has 1 fully saturated rings. The Kier molecular flexibility index (Phi) is 6.57. The number of nitrogens with one attached hydrogen (secondary N) is 1. The van der Waals surface area contributed by atoms with Gasteiger partial charge in [-0.25, -0.2) is 0 Å². The van der Waals surface area contributed by atoms with E-state index < -0.39 is 11.8 Å². The molecule has 4 nitrogen and oxygen atoms in total. The van der Waals surface area contributed by atoms with Crippen LogP contribution < -0.4 is 5.43 Å². The van der Waals surface area contributed by atoms with Crippen molar-refractivity contribution in [2.45, 2.75) is 6.92 Å². The van der Waals surface area contributed by atoms with Gasteiger partial charge in [0.2, 0.25) is 0 Å². The summed E-state index contributed by atoms with van der Waals surface area (Å²) in [6, 6.07) is 14.3. The first-order valence-electron chi connectivity index (χ1n) is 8.12. The second-order valence-corrected chi connectivity index (χ2v) is 8.40. The van der Waals surface area contributed by atoms with Crippen molar-refractivity contribution in [2.75, 3.05) is 0 Å². The normalized spacial score (nSPS) is 16.0. The van der Waals surface area contributed by atoms with Crippen LogP contribution in [-0.4, -0.2) is 21.1 Å². The highest BCUT2D eigenvalue weighted by Gasteiger charge is 2.34. The molecule has 1 saturated heterocycles. The standard InChI is InChI=1S/C20H14Cl2N2O2S2/c1-12(9-13-5-3-2-4-6-13)10-17-19(26)24(20(27)28-17)23-18(25)15-8-7-14(21)11-16(15)22/h2-11H,1H3,(H,23,25)/b12-9+,17-10+. The van der Waals surface area contributed by atoms with Crippen LogP contribution in [0, 0.1) is 0 Å². The fourth-order valence-electron chi connectivity index (χ4n) is 2.46. The molecule has 0 bridgehead atoms. The topological polar surface area (TPSA) is 49.4 Å². The summed E-state index contributed by atoms with van der Waals surface area (Å²) in [6.07, 6.45) is 3.70. The lowest BCUT2D eigenvalue weighted by molar-refractivity contribution is -0.123. The number of carbonyl (C=O) groups excluding carboxylic acids is 2. The predicted octanol–water partition coefficient (Wildman–Crippen LogP) is 5.49. The van der Waals surface area contributed by atoms with Crippen LogP contribution in [0.15, 0.2) is 65.1 Å². The van der Waals surface area contributed by atoms with E-state index in [1.807, 2.05) is 43.3 Å². The molecule has 142 valence electrons. The van der Waals surface area contributed by atoms with Crippen molar-refractivity contribution in [1.29, 1.82) is 0 Å². The molecule has 0 unspecified atom stereocenters. The quantitative estimate of drug-likeness (QED) is 0.496. The molecule has 0 spiro atoms. The van der Waals surface area contributed by atoms with Crippen molar-refractivity contribution in [2.24, 2.45) is 0 Å². The van der Waals surface area contributed by atoms with Gasteiger partial charge in [0.05, 0.1) is 15.5 Å². The fourth-order valence-corrected chi connectivity index (χ4v) is 4.18. The molecule has 0 saturated carbocycles. The first kappa shape index (κ1) is 20.6. The van der Waals surface area contributed by atoms with Crippen molar-refractivity contribution in [3.05, 3.63) is 86.3 Å². The summed E-state index contributed by atoms with van der Waals surface area (Å²) in [4.78, 5) is 25.6. The zero-order valence-electron chi connectivity index (χ0n) is 14.6. The highest BCUT2D eigenvalue weighted by Crippen LogP contribution is 2.31. The molecule has 2 aromatic rings. The average molecular weight is 449 g/mol. The molecular weight excluding hydrogens is 435 g/mol. The van der Waals surface area contributed by atoms with Crippen LogP contribution in [0.2, 0.25) is 10.0 Å². The molecule has 3 rings (SSSR count). The SMILES string of the molecule is CC(=C\c1ccccc1)/C=C1/SC(=S)N(NC(=O)c2ccc(Cl)cc2Cl)C1=O. The van der Waals surface area contributed by atoms with Crippen molar-refractivity contribution < 1.29 is 9.59 Å². The summed E-state index contributed by atoms with van der Waals surface area (Å²) in [5.74, 6) is -0.940. The average Bonchev–Trinajstić information content (AvgIpc) is 2.89. The summed E-state index contributed by atoms with van der Waals surface area (Å²) in [5, 5.41) is 1.65. The lowest BCUT2D eigenvalue weighted by Crippen LogP contribution is -2.44. The molecule has 1 N–H and O–H groups in total. The second-order valence-electron chi connectivity index (χ2n) is 5.88. The zero-order chi connectivity index (χ0) is 20.3. The Balaban J connectivity index is 1.76. The van der Waals surface area contributed by atoms with Crippen LogP contribution in [0.3, 0.4) is 0 Å². The fraction of sp³-hybridized carbons (Fsp3) is 0.0500. The summed E-state index contributed by atoms with van der Waals surface area (Å²) in [5.41, 5.74) is 4.61. The number of hydrogen-bond acceptors (Lipinski definition) is 4. The molecule has 2 aromatic carbocycles. The van der Waals surface area contributed by atoms with Crippen molar-refractivity contribution in [3.8, 4) is 0 Å². The van der Waals surface area contributed by atoms with Crippen molar-refractivity contribution in [1.82, 2.24) is 10.4 Å². The molecule has 0 aromatic heterocycles. The Morgan fingerprint density at radius 2 is 1.89 bits per heavy atom. The highest BCUT2D eigenvalue weighted by molar-refractivity contribution is 8.26. The van der Waals surface area contributed by atoms with Gasteiger partial charge in [0.25, 0.3) is 11.8 Å². The van der Waals surface area contributed by atoms with Gasteiger partial charge in [-0.1, -0.05) is 71.4 Å². The smallest absolute Gasteiger partial charge is 0.267 e. The molecule has 1 aliphatic rings. The van der Waals surface area contributed by atoms with Crippen molar-refractivity contribution >= 4 is 69.4 Å². The third-order valence-corrected chi connectivity index (χ3v) is 5.59. The number of thiocarbonyl (C=S) groups is 1. The third kappa shape index (κ3) is 4.83. The Morgan fingerprint density at radius 1 is 1.18 bits per heavy atom. The van der Waals surface area contributed by atoms with Crippen molar-refractivity contribution in [3.63, 3.8) is 0 Å². The van der Waals surface area contributed by atoms with E-state index in [1.54, 1.807) is 12.1 Å². The first-order chi connectivity index (χ1) is 13.3. The molecule has 28 heavy (non-hydrogen) atoms. The highest BCUT2D eigenvalue weighted by atomic mass is 35.5. The van der Waals surface area contributed by atoms with Gasteiger partial charge in [0.1, 0.15) is 0 Å². The lowest BCUT2D eigenvalue weighted by atomic mass is 10.1. The number of benzene rings is 2. The van der Waals surface area contributed by atoms with Gasteiger partial charge in [-0.05, 0) is 54.6 Å². The monoisotopic (exact) mass is 448 g/mol. The molecule has 1 heterocycles. The summed E-state index contributed by atoms with van der Waals surface area (Å²) < 4.78 is 0.238. The van der Waals surface area contributed by atoms with Crippen LogP contribution in [0.5, 0.6) is 0 Å². The zero-order valence-corrected chi connectivity index (χ0v) is 17.8. The Bertz CT molecular complexity index is 1020. The van der Waals surface area contributed by atoms with Gasteiger partial charge in [0.15, 0.2) is 4.32 Å². The van der Waals surface area contributed by atoms with Gasteiger partial charge in [-0.2, -0.15) is 5.01 Å². The minimum Gasteiger partial charge on any atom is -0.267 e. The number of allylic oxidation sites excluding steroid dienone is 2. The number of hydrogen-bond donors (Lipinski definition) is 1. The van der Waals surface area contributed by atoms with Crippen LogP contribution in [-0.2, 0) is 4.79 Å². The number of rotatable bonds is 4. The molecular formula is C20H14Cl2N2O2S2. The maximum absolute atomic E-state index is 12.7. The Labute approximate surface area is 182 Å². The molecule has 2 amide bonds. The lowest BCUT2D eigenvalue weighted by Gasteiger charge is -2.16. The van der Waals surface area contributed by atoms with E-state index in [1.165, 1.54) is 12.1 Å².